The largest absolute Gasteiger partial charge is 0.378 e. The fourth-order valence-electron chi connectivity index (χ4n) is 2.30. The summed E-state index contributed by atoms with van der Waals surface area (Å²) < 4.78 is 8.28. The van der Waals surface area contributed by atoms with Crippen molar-refractivity contribution >= 4 is 21.8 Å². The predicted octanol–water partition coefficient (Wildman–Crippen LogP) is 0.660. The Bertz CT molecular complexity index is 475. The first kappa shape index (κ1) is 14.5. The van der Waals surface area contributed by atoms with E-state index in [-0.39, 0.29) is 11.9 Å². The Balaban J connectivity index is 2.21. The van der Waals surface area contributed by atoms with Crippen LogP contribution in [0.3, 0.4) is 0 Å². The minimum Gasteiger partial charge on any atom is -0.378 e. The van der Waals surface area contributed by atoms with Crippen molar-refractivity contribution in [1.82, 2.24) is 14.7 Å². The maximum Gasteiger partial charge on any atom is 0.237 e. The topological polar surface area (TPSA) is 73.4 Å². The zero-order valence-corrected chi connectivity index (χ0v) is 12.8. The molecule has 1 fully saturated rings. The van der Waals surface area contributed by atoms with Crippen LogP contribution in [0.2, 0.25) is 0 Å². The molecule has 1 unspecified atom stereocenters. The maximum atomic E-state index is 11.5. The minimum absolute atomic E-state index is 0.338. The van der Waals surface area contributed by atoms with Crippen LogP contribution in [0.15, 0.2) is 4.47 Å². The van der Waals surface area contributed by atoms with Gasteiger partial charge in [-0.15, -0.1) is 0 Å². The molecule has 19 heavy (non-hydrogen) atoms. The molecule has 1 aromatic heterocycles. The number of amides is 1. The first-order valence-electron chi connectivity index (χ1n) is 6.37. The van der Waals surface area contributed by atoms with E-state index in [0.717, 1.165) is 22.4 Å². The standard InChI is InChI=1S/C12H19BrN4O2/c1-3-17-9(11(13)8(2)15-17)6-16-4-5-19-7-10(16)12(14)18/h10H,3-7H2,1-2H3,(H2,14,18). The highest BCUT2D eigenvalue weighted by Gasteiger charge is 2.29. The van der Waals surface area contributed by atoms with Crippen molar-refractivity contribution in [3.63, 3.8) is 0 Å². The Labute approximate surface area is 121 Å². The van der Waals surface area contributed by atoms with Crippen LogP contribution in [0.25, 0.3) is 0 Å². The number of aromatic nitrogens is 2. The molecule has 2 rings (SSSR count). The SMILES string of the molecule is CCn1nc(C)c(Br)c1CN1CCOCC1C(N)=O. The van der Waals surface area contributed by atoms with Gasteiger partial charge in [-0.05, 0) is 29.8 Å². The Morgan fingerprint density at radius 2 is 2.37 bits per heavy atom. The van der Waals surface area contributed by atoms with Crippen molar-refractivity contribution in [2.45, 2.75) is 33.0 Å². The Morgan fingerprint density at radius 1 is 1.63 bits per heavy atom. The molecule has 0 bridgehead atoms. The average molecular weight is 331 g/mol. The molecule has 6 nitrogen and oxygen atoms in total. The van der Waals surface area contributed by atoms with Crippen LogP contribution in [0, 0.1) is 6.92 Å². The summed E-state index contributed by atoms with van der Waals surface area (Å²) in [6.45, 7) is 7.15. The van der Waals surface area contributed by atoms with E-state index in [4.69, 9.17) is 10.5 Å². The van der Waals surface area contributed by atoms with Gasteiger partial charge in [-0.3, -0.25) is 14.4 Å². The first-order valence-corrected chi connectivity index (χ1v) is 7.16. The number of aryl methyl sites for hydroxylation is 2. The van der Waals surface area contributed by atoms with Crippen LogP contribution in [-0.2, 0) is 22.6 Å². The van der Waals surface area contributed by atoms with Gasteiger partial charge in [-0.25, -0.2) is 0 Å². The molecular formula is C12H19BrN4O2. The monoisotopic (exact) mass is 330 g/mol. The van der Waals surface area contributed by atoms with E-state index in [2.05, 4.69) is 25.9 Å². The second kappa shape index (κ2) is 6.02. The lowest BCUT2D eigenvalue weighted by atomic mass is 10.2. The number of halogens is 1. The molecule has 0 radical (unpaired) electrons. The third kappa shape index (κ3) is 2.98. The van der Waals surface area contributed by atoms with E-state index in [9.17, 15) is 4.79 Å². The number of hydrogen-bond donors (Lipinski definition) is 1. The van der Waals surface area contributed by atoms with Gasteiger partial charge in [0.25, 0.3) is 0 Å². The number of carbonyl (C=O) groups excluding carboxylic acids is 1. The molecule has 0 aliphatic carbocycles. The molecule has 2 heterocycles. The molecule has 7 heteroatoms. The van der Waals surface area contributed by atoms with E-state index < -0.39 is 0 Å². The number of hydrogen-bond acceptors (Lipinski definition) is 4. The number of primary amides is 1. The number of rotatable bonds is 4. The van der Waals surface area contributed by atoms with Crippen LogP contribution in [0.4, 0.5) is 0 Å². The van der Waals surface area contributed by atoms with Gasteiger partial charge >= 0.3 is 0 Å². The highest BCUT2D eigenvalue weighted by Crippen LogP contribution is 2.23. The summed E-state index contributed by atoms with van der Waals surface area (Å²) in [7, 11) is 0. The Morgan fingerprint density at radius 3 is 3.00 bits per heavy atom. The second-order valence-electron chi connectivity index (χ2n) is 4.63. The minimum atomic E-state index is -0.360. The molecule has 2 N–H and O–H groups in total. The third-order valence-corrected chi connectivity index (χ3v) is 4.40. The van der Waals surface area contributed by atoms with Gasteiger partial charge in [0.15, 0.2) is 0 Å². The van der Waals surface area contributed by atoms with E-state index in [1.165, 1.54) is 0 Å². The summed E-state index contributed by atoms with van der Waals surface area (Å²) in [5, 5.41) is 4.46. The van der Waals surface area contributed by atoms with E-state index in [0.29, 0.717) is 26.3 Å². The van der Waals surface area contributed by atoms with Crippen LogP contribution < -0.4 is 5.73 Å². The Hall–Kier alpha value is -0.920. The second-order valence-corrected chi connectivity index (χ2v) is 5.42. The lowest BCUT2D eigenvalue weighted by molar-refractivity contribution is -0.129. The van der Waals surface area contributed by atoms with Gasteiger partial charge in [0.1, 0.15) is 6.04 Å². The van der Waals surface area contributed by atoms with E-state index in [1.54, 1.807) is 0 Å². The average Bonchev–Trinajstić information content (AvgIpc) is 2.67. The number of carbonyl (C=O) groups is 1. The molecule has 0 spiro atoms. The molecule has 106 valence electrons. The van der Waals surface area contributed by atoms with Crippen molar-refractivity contribution in [3.8, 4) is 0 Å². The number of nitrogens with zero attached hydrogens (tertiary/aromatic N) is 3. The van der Waals surface area contributed by atoms with Crippen LogP contribution in [0.1, 0.15) is 18.3 Å². The lowest BCUT2D eigenvalue weighted by Crippen LogP contribution is -2.52. The molecular weight excluding hydrogens is 312 g/mol. The van der Waals surface area contributed by atoms with E-state index in [1.807, 2.05) is 18.5 Å². The van der Waals surface area contributed by atoms with Gasteiger partial charge < -0.3 is 10.5 Å². The molecule has 1 aromatic rings. The summed E-state index contributed by atoms with van der Waals surface area (Å²) in [4.78, 5) is 13.5. The summed E-state index contributed by atoms with van der Waals surface area (Å²) >= 11 is 3.57. The molecule has 1 aliphatic rings. The van der Waals surface area contributed by atoms with Crippen molar-refractivity contribution in [2.24, 2.45) is 5.73 Å². The molecule has 1 amide bonds. The normalized spacial score (nSPS) is 20.7. The molecule has 0 aromatic carbocycles. The van der Waals surface area contributed by atoms with Crippen molar-refractivity contribution < 1.29 is 9.53 Å². The van der Waals surface area contributed by atoms with Crippen LogP contribution in [-0.4, -0.2) is 46.4 Å². The molecule has 0 saturated carbocycles. The van der Waals surface area contributed by atoms with Crippen LogP contribution >= 0.6 is 15.9 Å². The number of ether oxygens (including phenoxy) is 1. The highest BCUT2D eigenvalue weighted by molar-refractivity contribution is 9.10. The first-order chi connectivity index (χ1) is 9.04. The fourth-order valence-corrected chi connectivity index (χ4v) is 2.71. The van der Waals surface area contributed by atoms with Crippen LogP contribution in [0.5, 0.6) is 0 Å². The van der Waals surface area contributed by atoms with Crippen molar-refractivity contribution in [2.75, 3.05) is 19.8 Å². The highest BCUT2D eigenvalue weighted by atomic mass is 79.9. The molecule has 1 saturated heterocycles. The van der Waals surface area contributed by atoms with Gasteiger partial charge in [-0.2, -0.15) is 5.10 Å². The van der Waals surface area contributed by atoms with Crippen molar-refractivity contribution in [3.05, 3.63) is 15.9 Å². The van der Waals surface area contributed by atoms with Gasteiger partial charge in [0.05, 0.1) is 29.1 Å². The molecule has 1 atom stereocenters. The summed E-state index contributed by atoms with van der Waals surface area (Å²) in [5.41, 5.74) is 7.47. The van der Waals surface area contributed by atoms with Crippen molar-refractivity contribution in [1.29, 1.82) is 0 Å². The summed E-state index contributed by atoms with van der Waals surface area (Å²) in [5.74, 6) is -0.338. The number of morpholine rings is 1. The zero-order valence-electron chi connectivity index (χ0n) is 11.2. The summed E-state index contributed by atoms with van der Waals surface area (Å²) in [6.07, 6.45) is 0. The van der Waals surface area contributed by atoms with Gasteiger partial charge in [-0.1, -0.05) is 0 Å². The zero-order chi connectivity index (χ0) is 14.0. The van der Waals surface area contributed by atoms with Gasteiger partial charge in [0.2, 0.25) is 5.91 Å². The maximum absolute atomic E-state index is 11.5. The Kier molecular flexibility index (Phi) is 4.59. The predicted molar refractivity (Wildman–Crippen MR) is 74.5 cm³/mol. The number of nitrogens with two attached hydrogens (primary N) is 1. The lowest BCUT2D eigenvalue weighted by Gasteiger charge is -2.33. The summed E-state index contributed by atoms with van der Waals surface area (Å²) in [6, 6.07) is -0.360. The quantitative estimate of drug-likeness (QED) is 0.880. The van der Waals surface area contributed by atoms with E-state index >= 15 is 0 Å². The molecule has 1 aliphatic heterocycles. The smallest absolute Gasteiger partial charge is 0.237 e. The fraction of sp³-hybridized carbons (Fsp3) is 0.667. The third-order valence-electron chi connectivity index (χ3n) is 3.37. The van der Waals surface area contributed by atoms with Gasteiger partial charge in [0, 0.05) is 19.6 Å².